The molecule has 1 aromatic rings. The lowest BCUT2D eigenvalue weighted by Gasteiger charge is -2.10. The maximum atomic E-state index is 4.17. The van der Waals surface area contributed by atoms with Gasteiger partial charge in [-0.3, -0.25) is 0 Å². The van der Waals surface area contributed by atoms with Crippen LogP contribution in [0, 0.1) is 0 Å². The third kappa shape index (κ3) is 3.80. The van der Waals surface area contributed by atoms with Crippen molar-refractivity contribution < 1.29 is 0 Å². The summed E-state index contributed by atoms with van der Waals surface area (Å²) in [6, 6.07) is 2.73. The molecule has 15 heavy (non-hydrogen) atoms. The molecule has 1 aliphatic rings. The van der Waals surface area contributed by atoms with Crippen molar-refractivity contribution in [1.29, 1.82) is 0 Å². The minimum absolute atomic E-state index is 0.774. The molecule has 0 atom stereocenters. The monoisotopic (exact) mass is 223 g/mol. The summed E-state index contributed by atoms with van der Waals surface area (Å²) in [5, 5.41) is 4.66. The zero-order chi connectivity index (χ0) is 10.3. The van der Waals surface area contributed by atoms with E-state index in [-0.39, 0.29) is 0 Å². The van der Waals surface area contributed by atoms with Crippen molar-refractivity contribution in [2.75, 3.05) is 12.3 Å². The summed E-state index contributed by atoms with van der Waals surface area (Å²) in [5.74, 6) is 1.09. The summed E-state index contributed by atoms with van der Waals surface area (Å²) in [6.07, 6.45) is 8.91. The van der Waals surface area contributed by atoms with Gasteiger partial charge in [0.1, 0.15) is 6.33 Å². The fraction of sp³-hybridized carbons (Fsp3) is 0.636. The molecule has 0 bridgehead atoms. The van der Waals surface area contributed by atoms with Gasteiger partial charge in [-0.2, -0.15) is 0 Å². The first-order valence-corrected chi connectivity index (χ1v) is 6.56. The molecule has 82 valence electrons. The lowest BCUT2D eigenvalue weighted by molar-refractivity contribution is 0.545. The van der Waals surface area contributed by atoms with Crippen LogP contribution in [0.15, 0.2) is 23.6 Å². The molecule has 1 saturated carbocycles. The van der Waals surface area contributed by atoms with E-state index in [1.807, 2.05) is 6.07 Å². The second-order valence-electron chi connectivity index (χ2n) is 3.83. The third-order valence-corrected chi connectivity index (χ3v) is 3.64. The highest BCUT2D eigenvalue weighted by atomic mass is 32.2. The van der Waals surface area contributed by atoms with Gasteiger partial charge < -0.3 is 5.32 Å². The molecule has 0 spiro atoms. The highest BCUT2D eigenvalue weighted by Gasteiger charge is 2.13. The van der Waals surface area contributed by atoms with E-state index >= 15 is 0 Å². The Balaban J connectivity index is 1.59. The van der Waals surface area contributed by atoms with Gasteiger partial charge in [-0.15, -0.1) is 11.8 Å². The summed E-state index contributed by atoms with van der Waals surface area (Å²) in [6.45, 7) is 1.08. The first-order chi connectivity index (χ1) is 7.45. The van der Waals surface area contributed by atoms with Gasteiger partial charge >= 0.3 is 0 Å². The van der Waals surface area contributed by atoms with Gasteiger partial charge in [0.15, 0.2) is 0 Å². The van der Waals surface area contributed by atoms with Crippen LogP contribution < -0.4 is 5.32 Å². The van der Waals surface area contributed by atoms with Crippen LogP contribution in [0.1, 0.15) is 25.7 Å². The Morgan fingerprint density at radius 3 is 3.00 bits per heavy atom. The normalized spacial score (nSPS) is 17.1. The largest absolute Gasteiger partial charge is 0.313 e. The Bertz CT molecular complexity index is 272. The van der Waals surface area contributed by atoms with Gasteiger partial charge in [0.05, 0.1) is 5.03 Å². The molecule has 1 aromatic heterocycles. The summed E-state index contributed by atoms with van der Waals surface area (Å²) in [5.41, 5.74) is 0. The highest BCUT2D eigenvalue weighted by Crippen LogP contribution is 2.18. The van der Waals surface area contributed by atoms with Gasteiger partial charge in [-0.1, -0.05) is 12.8 Å². The van der Waals surface area contributed by atoms with Crippen LogP contribution in [0.2, 0.25) is 0 Å². The Morgan fingerprint density at radius 2 is 2.27 bits per heavy atom. The van der Waals surface area contributed by atoms with Crippen LogP contribution in [-0.2, 0) is 0 Å². The summed E-state index contributed by atoms with van der Waals surface area (Å²) >= 11 is 1.79. The van der Waals surface area contributed by atoms with Crippen LogP contribution in [0.4, 0.5) is 0 Å². The Morgan fingerprint density at radius 1 is 1.40 bits per heavy atom. The maximum absolute atomic E-state index is 4.17. The zero-order valence-electron chi connectivity index (χ0n) is 8.85. The van der Waals surface area contributed by atoms with E-state index in [2.05, 4.69) is 15.3 Å². The van der Waals surface area contributed by atoms with Crippen molar-refractivity contribution in [3.05, 3.63) is 18.6 Å². The van der Waals surface area contributed by atoms with E-state index in [0.29, 0.717) is 0 Å². The van der Waals surface area contributed by atoms with Crippen molar-refractivity contribution in [1.82, 2.24) is 15.3 Å². The molecule has 1 fully saturated rings. The molecule has 1 heterocycles. The Hall–Kier alpha value is -0.610. The molecule has 0 aromatic carbocycles. The van der Waals surface area contributed by atoms with E-state index in [4.69, 9.17) is 0 Å². The van der Waals surface area contributed by atoms with Crippen LogP contribution in [0.3, 0.4) is 0 Å². The highest BCUT2D eigenvalue weighted by molar-refractivity contribution is 7.99. The van der Waals surface area contributed by atoms with Gasteiger partial charge in [-0.25, -0.2) is 9.97 Å². The van der Waals surface area contributed by atoms with Crippen LogP contribution in [0.5, 0.6) is 0 Å². The van der Waals surface area contributed by atoms with E-state index in [0.717, 1.165) is 23.4 Å². The molecule has 4 heteroatoms. The van der Waals surface area contributed by atoms with Crippen molar-refractivity contribution in [2.45, 2.75) is 36.8 Å². The maximum Gasteiger partial charge on any atom is 0.116 e. The zero-order valence-corrected chi connectivity index (χ0v) is 9.67. The summed E-state index contributed by atoms with van der Waals surface area (Å²) in [7, 11) is 0. The minimum Gasteiger partial charge on any atom is -0.313 e. The van der Waals surface area contributed by atoms with E-state index in [9.17, 15) is 0 Å². The van der Waals surface area contributed by atoms with Gasteiger partial charge in [0, 0.05) is 24.5 Å². The topological polar surface area (TPSA) is 37.8 Å². The van der Waals surface area contributed by atoms with Crippen molar-refractivity contribution >= 4 is 11.8 Å². The summed E-state index contributed by atoms with van der Waals surface area (Å²) in [4.78, 5) is 8.07. The van der Waals surface area contributed by atoms with Gasteiger partial charge in [-0.05, 0) is 18.9 Å². The average molecular weight is 223 g/mol. The Labute approximate surface area is 95.1 Å². The summed E-state index contributed by atoms with van der Waals surface area (Å²) < 4.78 is 0. The molecular weight excluding hydrogens is 206 g/mol. The second-order valence-corrected chi connectivity index (χ2v) is 4.95. The first-order valence-electron chi connectivity index (χ1n) is 5.57. The Kier molecular flexibility index (Phi) is 4.41. The lowest BCUT2D eigenvalue weighted by Crippen LogP contribution is -2.28. The average Bonchev–Trinajstić information content (AvgIpc) is 2.79. The number of nitrogens with one attached hydrogen (secondary N) is 1. The molecule has 1 N–H and O–H groups in total. The predicted molar refractivity (Wildman–Crippen MR) is 63.0 cm³/mol. The molecule has 3 nitrogen and oxygen atoms in total. The molecule has 0 aliphatic heterocycles. The molecule has 0 radical (unpaired) electrons. The van der Waals surface area contributed by atoms with Crippen LogP contribution in [0.25, 0.3) is 0 Å². The standard InChI is InChI=1S/C11H17N3S/c1-2-4-10(3-1)13-7-8-15-11-5-6-12-9-14-11/h5-6,9-10,13H,1-4,7-8H2. The minimum atomic E-state index is 0.774. The second kappa shape index (κ2) is 6.08. The molecule has 0 unspecified atom stereocenters. The van der Waals surface area contributed by atoms with Crippen LogP contribution in [-0.4, -0.2) is 28.3 Å². The fourth-order valence-corrected chi connectivity index (χ4v) is 2.62. The van der Waals surface area contributed by atoms with E-state index < -0.39 is 0 Å². The number of aromatic nitrogens is 2. The number of rotatable bonds is 5. The number of hydrogen-bond donors (Lipinski definition) is 1. The lowest BCUT2D eigenvalue weighted by atomic mass is 10.2. The smallest absolute Gasteiger partial charge is 0.116 e. The molecule has 0 amide bonds. The number of nitrogens with zero attached hydrogens (tertiary/aromatic N) is 2. The molecule has 1 aliphatic carbocycles. The fourth-order valence-electron chi connectivity index (χ4n) is 1.91. The quantitative estimate of drug-likeness (QED) is 0.471. The van der Waals surface area contributed by atoms with Gasteiger partial charge in [0.2, 0.25) is 0 Å². The predicted octanol–water partition coefficient (Wildman–Crippen LogP) is 2.10. The van der Waals surface area contributed by atoms with Gasteiger partial charge in [0.25, 0.3) is 0 Å². The van der Waals surface area contributed by atoms with E-state index in [1.54, 1.807) is 24.3 Å². The SMILES string of the molecule is c1cc(SCCNC2CCCC2)ncn1. The number of hydrogen-bond acceptors (Lipinski definition) is 4. The van der Waals surface area contributed by atoms with Crippen molar-refractivity contribution in [3.63, 3.8) is 0 Å². The number of thioether (sulfide) groups is 1. The van der Waals surface area contributed by atoms with Crippen molar-refractivity contribution in [3.8, 4) is 0 Å². The van der Waals surface area contributed by atoms with Crippen LogP contribution >= 0.6 is 11.8 Å². The third-order valence-electron chi connectivity index (χ3n) is 2.70. The van der Waals surface area contributed by atoms with E-state index in [1.165, 1.54) is 25.7 Å². The molecule has 0 saturated heterocycles. The van der Waals surface area contributed by atoms with Crippen molar-refractivity contribution in [2.24, 2.45) is 0 Å². The molecular formula is C11H17N3S. The first kappa shape index (κ1) is 10.9. The molecule has 2 rings (SSSR count).